The lowest BCUT2D eigenvalue weighted by Gasteiger charge is -2.20. The summed E-state index contributed by atoms with van der Waals surface area (Å²) in [6.07, 6.45) is 1.56. The van der Waals surface area contributed by atoms with Crippen molar-refractivity contribution in [2.75, 3.05) is 5.32 Å². The van der Waals surface area contributed by atoms with Crippen molar-refractivity contribution in [2.24, 2.45) is 0 Å². The van der Waals surface area contributed by atoms with Gasteiger partial charge in [0.05, 0.1) is 0 Å². The van der Waals surface area contributed by atoms with E-state index in [1.165, 1.54) is 0 Å². The van der Waals surface area contributed by atoms with Crippen LogP contribution in [0.25, 0.3) is 0 Å². The highest BCUT2D eigenvalue weighted by Gasteiger charge is 2.47. The van der Waals surface area contributed by atoms with Crippen molar-refractivity contribution in [2.45, 2.75) is 5.60 Å². The molecule has 1 aromatic carbocycles. The Morgan fingerprint density at radius 3 is 2.67 bits per heavy atom. The molecule has 1 aliphatic rings. The molecule has 90 valence electrons. The number of fused-ring (bicyclic) bond motifs is 1. The fourth-order valence-corrected chi connectivity index (χ4v) is 2.22. The van der Waals surface area contributed by atoms with Crippen LogP contribution in [0.3, 0.4) is 0 Å². The number of rotatable bonds is 1. The molecule has 2 N–H and O–H groups in total. The number of aromatic nitrogens is 1. The lowest BCUT2D eigenvalue weighted by atomic mass is 9.88. The van der Waals surface area contributed by atoms with Crippen LogP contribution in [0.5, 0.6) is 0 Å². The highest BCUT2D eigenvalue weighted by atomic mass is 35.5. The first-order valence-corrected chi connectivity index (χ1v) is 5.75. The van der Waals surface area contributed by atoms with Gasteiger partial charge in [0, 0.05) is 16.8 Å². The van der Waals surface area contributed by atoms with Gasteiger partial charge in [0.25, 0.3) is 5.91 Å². The summed E-state index contributed by atoms with van der Waals surface area (Å²) in [7, 11) is 0. The zero-order valence-electron chi connectivity index (χ0n) is 9.22. The number of amides is 1. The number of hydrogen-bond donors (Lipinski definition) is 2. The number of nitrogens with one attached hydrogen (secondary N) is 1. The maximum atomic E-state index is 12.0. The quantitative estimate of drug-likeness (QED) is 0.824. The summed E-state index contributed by atoms with van der Waals surface area (Å²) in [5.74, 6) is -0.113. The molecular weight excluding hydrogens is 252 g/mol. The SMILES string of the molecule is O=C1Nc2ncccc2C1(O)c1ccc(Cl)cc1. The Labute approximate surface area is 108 Å². The number of halogens is 1. The Morgan fingerprint density at radius 2 is 1.94 bits per heavy atom. The van der Waals surface area contributed by atoms with Gasteiger partial charge in [0.1, 0.15) is 5.82 Å². The number of aliphatic hydroxyl groups is 1. The van der Waals surface area contributed by atoms with Crippen LogP contribution in [-0.2, 0) is 10.4 Å². The average molecular weight is 261 g/mol. The van der Waals surface area contributed by atoms with E-state index in [-0.39, 0.29) is 0 Å². The van der Waals surface area contributed by atoms with E-state index in [0.717, 1.165) is 0 Å². The van der Waals surface area contributed by atoms with Crippen molar-refractivity contribution in [1.82, 2.24) is 4.98 Å². The molecule has 1 unspecified atom stereocenters. The maximum Gasteiger partial charge on any atom is 0.267 e. The van der Waals surface area contributed by atoms with E-state index in [1.807, 2.05) is 0 Å². The number of pyridine rings is 1. The fraction of sp³-hybridized carbons (Fsp3) is 0.0769. The van der Waals surface area contributed by atoms with Crippen molar-refractivity contribution in [1.29, 1.82) is 0 Å². The second kappa shape index (κ2) is 3.80. The summed E-state index contributed by atoms with van der Waals surface area (Å²) in [6.45, 7) is 0. The molecule has 3 rings (SSSR count). The number of hydrogen-bond acceptors (Lipinski definition) is 3. The molecule has 0 bridgehead atoms. The van der Waals surface area contributed by atoms with Gasteiger partial charge in [-0.15, -0.1) is 0 Å². The molecule has 1 atom stereocenters. The lowest BCUT2D eigenvalue weighted by Crippen LogP contribution is -2.35. The minimum absolute atomic E-state index is 0.389. The van der Waals surface area contributed by atoms with Crippen LogP contribution in [0.1, 0.15) is 11.1 Å². The summed E-state index contributed by atoms with van der Waals surface area (Å²) < 4.78 is 0. The molecule has 0 saturated carbocycles. The molecule has 0 aliphatic carbocycles. The van der Waals surface area contributed by atoms with Gasteiger partial charge >= 0.3 is 0 Å². The van der Waals surface area contributed by atoms with Crippen LogP contribution in [0, 0.1) is 0 Å². The summed E-state index contributed by atoms with van der Waals surface area (Å²) >= 11 is 5.81. The number of carbonyl (C=O) groups excluding carboxylic acids is 1. The smallest absolute Gasteiger partial charge is 0.267 e. The summed E-state index contributed by atoms with van der Waals surface area (Å²) in [5, 5.41) is 13.8. The van der Waals surface area contributed by atoms with Gasteiger partial charge in [-0.3, -0.25) is 4.79 Å². The standard InChI is InChI=1S/C13H9ClN2O2/c14-9-5-3-8(4-6-9)13(18)10-2-1-7-15-11(10)16-12(13)17/h1-7,18H,(H,15,16,17). The predicted molar refractivity (Wildman–Crippen MR) is 67.3 cm³/mol. The third-order valence-electron chi connectivity index (χ3n) is 3.02. The van der Waals surface area contributed by atoms with E-state index in [4.69, 9.17) is 11.6 Å². The summed E-state index contributed by atoms with van der Waals surface area (Å²) in [4.78, 5) is 16.0. The van der Waals surface area contributed by atoms with Crippen LogP contribution in [0.15, 0.2) is 42.6 Å². The monoisotopic (exact) mass is 260 g/mol. The molecule has 1 aromatic heterocycles. The Morgan fingerprint density at radius 1 is 1.22 bits per heavy atom. The number of carbonyl (C=O) groups is 1. The van der Waals surface area contributed by atoms with E-state index in [2.05, 4.69) is 10.3 Å². The van der Waals surface area contributed by atoms with Gasteiger partial charge < -0.3 is 10.4 Å². The van der Waals surface area contributed by atoms with Crippen LogP contribution in [-0.4, -0.2) is 16.0 Å². The van der Waals surface area contributed by atoms with Gasteiger partial charge in [0.15, 0.2) is 5.60 Å². The van der Waals surface area contributed by atoms with Crippen LogP contribution >= 0.6 is 11.6 Å². The van der Waals surface area contributed by atoms with E-state index >= 15 is 0 Å². The van der Waals surface area contributed by atoms with Gasteiger partial charge in [-0.25, -0.2) is 4.98 Å². The highest BCUT2D eigenvalue weighted by Crippen LogP contribution is 2.39. The maximum absolute atomic E-state index is 12.0. The second-order valence-corrected chi connectivity index (χ2v) is 4.51. The fourth-order valence-electron chi connectivity index (χ4n) is 2.09. The predicted octanol–water partition coefficient (Wildman–Crippen LogP) is 1.92. The zero-order valence-corrected chi connectivity index (χ0v) is 9.98. The van der Waals surface area contributed by atoms with E-state index in [0.29, 0.717) is 22.0 Å². The Balaban J connectivity index is 2.20. The summed E-state index contributed by atoms with van der Waals surface area (Å²) in [6, 6.07) is 9.88. The van der Waals surface area contributed by atoms with Gasteiger partial charge in [-0.2, -0.15) is 0 Å². The molecule has 0 saturated heterocycles. The van der Waals surface area contributed by atoms with Crippen molar-refractivity contribution in [3.05, 3.63) is 58.7 Å². The minimum atomic E-state index is -1.70. The first-order chi connectivity index (χ1) is 8.62. The van der Waals surface area contributed by atoms with Crippen molar-refractivity contribution >= 4 is 23.3 Å². The molecular formula is C13H9ClN2O2. The Hall–Kier alpha value is -1.91. The number of nitrogens with zero attached hydrogens (tertiary/aromatic N) is 1. The molecule has 0 fully saturated rings. The van der Waals surface area contributed by atoms with Crippen LogP contribution < -0.4 is 5.32 Å². The molecule has 1 amide bonds. The normalized spacial score (nSPS) is 21.6. The first-order valence-electron chi connectivity index (χ1n) is 5.38. The molecule has 2 aromatic rings. The average Bonchev–Trinajstić information content (AvgIpc) is 2.64. The molecule has 0 spiro atoms. The van der Waals surface area contributed by atoms with Crippen molar-refractivity contribution < 1.29 is 9.90 Å². The Bertz CT molecular complexity index is 627. The van der Waals surface area contributed by atoms with E-state index in [1.54, 1.807) is 42.6 Å². The first kappa shape index (κ1) is 11.2. The third-order valence-corrected chi connectivity index (χ3v) is 3.27. The van der Waals surface area contributed by atoms with Crippen molar-refractivity contribution in [3.8, 4) is 0 Å². The molecule has 4 nitrogen and oxygen atoms in total. The zero-order chi connectivity index (χ0) is 12.8. The number of benzene rings is 1. The minimum Gasteiger partial charge on any atom is -0.372 e. The molecule has 1 aliphatic heterocycles. The molecule has 0 radical (unpaired) electrons. The number of anilines is 1. The topological polar surface area (TPSA) is 62.2 Å². The van der Waals surface area contributed by atoms with Crippen LogP contribution in [0.2, 0.25) is 5.02 Å². The largest absolute Gasteiger partial charge is 0.372 e. The van der Waals surface area contributed by atoms with Gasteiger partial charge in [0.2, 0.25) is 0 Å². The molecule has 5 heteroatoms. The summed E-state index contributed by atoms with van der Waals surface area (Å²) in [5.41, 5.74) is -0.776. The van der Waals surface area contributed by atoms with Crippen LogP contribution in [0.4, 0.5) is 5.82 Å². The third kappa shape index (κ3) is 1.43. The molecule has 18 heavy (non-hydrogen) atoms. The van der Waals surface area contributed by atoms with E-state index in [9.17, 15) is 9.90 Å². The second-order valence-electron chi connectivity index (χ2n) is 4.07. The molecule has 2 heterocycles. The van der Waals surface area contributed by atoms with Gasteiger partial charge in [-0.05, 0) is 29.8 Å². The van der Waals surface area contributed by atoms with Crippen molar-refractivity contribution in [3.63, 3.8) is 0 Å². The Kier molecular flexibility index (Phi) is 2.36. The van der Waals surface area contributed by atoms with Gasteiger partial charge in [-0.1, -0.05) is 23.7 Å². The van der Waals surface area contributed by atoms with E-state index < -0.39 is 11.5 Å². The highest BCUT2D eigenvalue weighted by molar-refractivity contribution is 6.30. The lowest BCUT2D eigenvalue weighted by molar-refractivity contribution is -0.129.